The summed E-state index contributed by atoms with van der Waals surface area (Å²) in [6.45, 7) is 2.72. The second-order valence-corrected chi connectivity index (χ2v) is 5.64. The first kappa shape index (κ1) is 12.8. The van der Waals surface area contributed by atoms with Crippen molar-refractivity contribution in [3.8, 4) is 0 Å². The summed E-state index contributed by atoms with van der Waals surface area (Å²) >= 11 is 0. The van der Waals surface area contributed by atoms with E-state index in [2.05, 4.69) is 15.0 Å². The van der Waals surface area contributed by atoms with Crippen molar-refractivity contribution in [2.24, 2.45) is 0 Å². The number of ether oxygens (including phenoxy) is 1. The molecule has 0 aromatic carbocycles. The molecule has 0 amide bonds. The molecule has 1 heterocycles. The molecular weight excluding hydrogens is 240 g/mol. The minimum absolute atomic E-state index is 0.326. The summed E-state index contributed by atoms with van der Waals surface area (Å²) in [6, 6.07) is 0. The van der Waals surface area contributed by atoms with Gasteiger partial charge in [0, 0.05) is 12.5 Å². The fourth-order valence-corrected chi connectivity index (χ4v) is 2.97. The molecule has 1 aromatic rings. The third kappa shape index (κ3) is 2.56. The molecule has 2 aliphatic rings. The van der Waals surface area contributed by atoms with Crippen molar-refractivity contribution in [3.63, 3.8) is 0 Å². The summed E-state index contributed by atoms with van der Waals surface area (Å²) in [5, 5.41) is 0. The first-order valence-corrected chi connectivity index (χ1v) is 7.39. The maximum absolute atomic E-state index is 6.06. The zero-order valence-corrected chi connectivity index (χ0v) is 11.6. The van der Waals surface area contributed by atoms with E-state index in [-0.39, 0.29) is 5.60 Å². The number of nitrogen functional groups attached to an aromatic ring is 1. The van der Waals surface area contributed by atoms with Crippen LogP contribution in [0.15, 0.2) is 0 Å². The average Bonchev–Trinajstić information content (AvgIpc) is 3.24. The second kappa shape index (κ2) is 5.04. The Morgan fingerprint density at radius 2 is 1.89 bits per heavy atom. The zero-order chi connectivity index (χ0) is 13.3. The Morgan fingerprint density at radius 3 is 2.53 bits per heavy atom. The highest BCUT2D eigenvalue weighted by Crippen LogP contribution is 2.42. The van der Waals surface area contributed by atoms with Gasteiger partial charge >= 0.3 is 0 Å². The predicted molar refractivity (Wildman–Crippen MR) is 72.6 cm³/mol. The van der Waals surface area contributed by atoms with E-state index < -0.39 is 0 Å². The predicted octanol–water partition coefficient (Wildman–Crippen LogP) is 2.53. The van der Waals surface area contributed by atoms with Crippen LogP contribution in [0, 0.1) is 0 Å². The minimum Gasteiger partial charge on any atom is -0.368 e. The molecule has 0 atom stereocenters. The molecule has 0 radical (unpaired) electrons. The lowest BCUT2D eigenvalue weighted by Gasteiger charge is -2.35. The lowest BCUT2D eigenvalue weighted by molar-refractivity contribution is -0.0768. The third-order valence-corrected chi connectivity index (χ3v) is 4.10. The van der Waals surface area contributed by atoms with Gasteiger partial charge in [-0.1, -0.05) is 19.3 Å². The molecule has 5 heteroatoms. The SMILES string of the molecule is CCOC1(c2nc(N)nc(C3CC3)n2)CCCCC1. The van der Waals surface area contributed by atoms with Crippen molar-refractivity contribution in [1.29, 1.82) is 0 Å². The van der Waals surface area contributed by atoms with Crippen molar-refractivity contribution >= 4 is 5.95 Å². The van der Waals surface area contributed by atoms with Crippen molar-refractivity contribution < 1.29 is 4.74 Å². The van der Waals surface area contributed by atoms with E-state index in [1.54, 1.807) is 0 Å². The first-order valence-electron chi connectivity index (χ1n) is 7.39. The highest BCUT2D eigenvalue weighted by atomic mass is 16.5. The van der Waals surface area contributed by atoms with Gasteiger partial charge in [0.05, 0.1) is 0 Å². The number of rotatable bonds is 4. The Labute approximate surface area is 114 Å². The first-order chi connectivity index (χ1) is 9.23. The number of nitrogens with two attached hydrogens (primary N) is 1. The van der Waals surface area contributed by atoms with E-state index in [9.17, 15) is 0 Å². The van der Waals surface area contributed by atoms with Crippen molar-refractivity contribution in [2.45, 2.75) is 63.4 Å². The van der Waals surface area contributed by atoms with Crippen LogP contribution in [0.4, 0.5) is 5.95 Å². The van der Waals surface area contributed by atoms with E-state index in [0.29, 0.717) is 18.5 Å². The molecule has 0 aliphatic heterocycles. The number of hydrogen-bond donors (Lipinski definition) is 1. The van der Waals surface area contributed by atoms with E-state index >= 15 is 0 Å². The van der Waals surface area contributed by atoms with Gasteiger partial charge in [-0.15, -0.1) is 0 Å². The van der Waals surface area contributed by atoms with Crippen LogP contribution < -0.4 is 5.73 Å². The minimum atomic E-state index is -0.326. The van der Waals surface area contributed by atoms with Crippen LogP contribution in [0.25, 0.3) is 0 Å². The largest absolute Gasteiger partial charge is 0.368 e. The van der Waals surface area contributed by atoms with Crippen LogP contribution in [0.5, 0.6) is 0 Å². The van der Waals surface area contributed by atoms with Gasteiger partial charge in [-0.3, -0.25) is 0 Å². The van der Waals surface area contributed by atoms with Gasteiger partial charge in [0.25, 0.3) is 0 Å². The van der Waals surface area contributed by atoms with Crippen LogP contribution in [0.1, 0.15) is 69.4 Å². The lowest BCUT2D eigenvalue weighted by atomic mass is 9.84. The Hall–Kier alpha value is -1.23. The van der Waals surface area contributed by atoms with Gasteiger partial charge in [-0.25, -0.2) is 4.98 Å². The van der Waals surface area contributed by atoms with Gasteiger partial charge in [-0.2, -0.15) is 9.97 Å². The molecule has 0 spiro atoms. The molecule has 2 saturated carbocycles. The molecule has 19 heavy (non-hydrogen) atoms. The highest BCUT2D eigenvalue weighted by molar-refractivity contribution is 5.22. The standard InChI is InChI=1S/C14H22N4O/c1-2-19-14(8-4-3-5-9-14)12-16-11(10-6-7-10)17-13(15)18-12/h10H,2-9H2,1H3,(H2,15,16,17,18). The van der Waals surface area contributed by atoms with Crippen molar-refractivity contribution in [2.75, 3.05) is 12.3 Å². The molecule has 0 unspecified atom stereocenters. The number of nitrogens with zero attached hydrogens (tertiary/aromatic N) is 3. The molecule has 0 bridgehead atoms. The highest BCUT2D eigenvalue weighted by Gasteiger charge is 2.39. The average molecular weight is 262 g/mol. The Morgan fingerprint density at radius 1 is 1.16 bits per heavy atom. The summed E-state index contributed by atoms with van der Waals surface area (Å²) in [7, 11) is 0. The van der Waals surface area contributed by atoms with Crippen molar-refractivity contribution in [3.05, 3.63) is 11.6 Å². The molecule has 1 aromatic heterocycles. The third-order valence-electron chi connectivity index (χ3n) is 4.10. The Kier molecular flexibility index (Phi) is 3.39. The number of aromatic nitrogens is 3. The number of hydrogen-bond acceptors (Lipinski definition) is 5. The monoisotopic (exact) mass is 262 g/mol. The Balaban J connectivity index is 1.96. The van der Waals surface area contributed by atoms with Crippen LogP contribution in [-0.4, -0.2) is 21.6 Å². The maximum atomic E-state index is 6.06. The molecule has 2 N–H and O–H groups in total. The van der Waals surface area contributed by atoms with Crippen molar-refractivity contribution in [1.82, 2.24) is 15.0 Å². The molecule has 2 aliphatic carbocycles. The molecule has 2 fully saturated rings. The fraction of sp³-hybridized carbons (Fsp3) is 0.786. The van der Waals surface area contributed by atoms with E-state index in [1.165, 1.54) is 32.1 Å². The van der Waals surface area contributed by atoms with E-state index in [1.807, 2.05) is 6.92 Å². The topological polar surface area (TPSA) is 73.9 Å². The summed E-state index contributed by atoms with van der Waals surface area (Å²) in [5.74, 6) is 2.47. The van der Waals surface area contributed by atoms with E-state index in [4.69, 9.17) is 10.5 Å². The summed E-state index contributed by atoms with van der Waals surface area (Å²) in [6.07, 6.45) is 7.94. The van der Waals surface area contributed by atoms with E-state index in [0.717, 1.165) is 24.5 Å². The molecule has 5 nitrogen and oxygen atoms in total. The summed E-state index contributed by atoms with van der Waals surface area (Å²) in [4.78, 5) is 13.4. The van der Waals surface area contributed by atoms with Crippen LogP contribution in [-0.2, 0) is 10.3 Å². The van der Waals surface area contributed by atoms with Gasteiger partial charge in [0.2, 0.25) is 5.95 Å². The van der Waals surface area contributed by atoms with Crippen LogP contribution >= 0.6 is 0 Å². The zero-order valence-electron chi connectivity index (χ0n) is 11.6. The quantitative estimate of drug-likeness (QED) is 0.902. The van der Waals surface area contributed by atoms with Gasteiger partial charge < -0.3 is 10.5 Å². The van der Waals surface area contributed by atoms with Gasteiger partial charge in [0.15, 0.2) is 5.82 Å². The second-order valence-electron chi connectivity index (χ2n) is 5.64. The summed E-state index contributed by atoms with van der Waals surface area (Å²) < 4.78 is 6.06. The van der Waals surface area contributed by atoms with Crippen LogP contribution in [0.3, 0.4) is 0 Å². The molecular formula is C14H22N4O. The fourth-order valence-electron chi connectivity index (χ4n) is 2.97. The van der Waals surface area contributed by atoms with Gasteiger partial charge in [-0.05, 0) is 32.6 Å². The normalized spacial score (nSPS) is 22.4. The number of anilines is 1. The molecule has 104 valence electrons. The van der Waals surface area contributed by atoms with Gasteiger partial charge in [0.1, 0.15) is 11.4 Å². The molecule has 3 rings (SSSR count). The smallest absolute Gasteiger partial charge is 0.223 e. The summed E-state index contributed by atoms with van der Waals surface area (Å²) in [5.41, 5.74) is 5.54. The lowest BCUT2D eigenvalue weighted by Crippen LogP contribution is -2.35. The van der Waals surface area contributed by atoms with Crippen LogP contribution in [0.2, 0.25) is 0 Å². The maximum Gasteiger partial charge on any atom is 0.223 e. The molecule has 0 saturated heterocycles. The Bertz CT molecular complexity index is 447.